The summed E-state index contributed by atoms with van der Waals surface area (Å²) in [7, 11) is 1.83. The number of carbonyl (C=O) groups excluding carboxylic acids is 1. The summed E-state index contributed by atoms with van der Waals surface area (Å²) in [6.45, 7) is 1.84. The topological polar surface area (TPSA) is 74.8 Å². The highest BCUT2D eigenvalue weighted by Crippen LogP contribution is 2.26. The molecule has 7 heteroatoms. The third kappa shape index (κ3) is 9.71. The average Bonchev–Trinajstić information content (AvgIpc) is 3.57. The smallest absolute Gasteiger partial charge is 0.223 e. The number of amides is 1. The fourth-order valence-electron chi connectivity index (χ4n) is 4.59. The first-order valence-electron chi connectivity index (χ1n) is 12.1. The van der Waals surface area contributed by atoms with Gasteiger partial charge in [-0.15, -0.1) is 24.0 Å². The molecule has 0 heterocycles. The minimum atomic E-state index is 0. The fraction of sp³-hybridized carbons (Fsp3) is 0.913. The van der Waals surface area contributed by atoms with Gasteiger partial charge in [0, 0.05) is 38.2 Å². The molecule has 6 nitrogen and oxygen atoms in total. The van der Waals surface area contributed by atoms with Gasteiger partial charge in [-0.3, -0.25) is 9.79 Å². The van der Waals surface area contributed by atoms with Crippen LogP contribution in [-0.2, 0) is 9.53 Å². The molecule has 0 aliphatic heterocycles. The number of guanidine groups is 1. The minimum absolute atomic E-state index is 0. The lowest BCUT2D eigenvalue weighted by Crippen LogP contribution is -2.47. The predicted molar refractivity (Wildman–Crippen MR) is 133 cm³/mol. The van der Waals surface area contributed by atoms with E-state index in [9.17, 15) is 4.79 Å². The molecule has 2 unspecified atom stereocenters. The molecule has 3 aliphatic rings. The minimum Gasteiger partial charge on any atom is -0.378 e. The van der Waals surface area contributed by atoms with Gasteiger partial charge in [0.1, 0.15) is 0 Å². The normalized spacial score (nSPS) is 25.3. The van der Waals surface area contributed by atoms with Crippen LogP contribution in [-0.4, -0.2) is 50.3 Å². The van der Waals surface area contributed by atoms with Crippen molar-refractivity contribution >= 4 is 35.8 Å². The monoisotopic (exact) mass is 534 g/mol. The summed E-state index contributed by atoms with van der Waals surface area (Å²) in [6, 6.07) is 0.798. The number of unbranched alkanes of at least 4 members (excludes halogenated alkanes) is 2. The highest BCUT2D eigenvalue weighted by molar-refractivity contribution is 14.0. The second kappa shape index (κ2) is 14.5. The third-order valence-corrected chi connectivity index (χ3v) is 6.55. The van der Waals surface area contributed by atoms with Crippen LogP contribution in [0.25, 0.3) is 0 Å². The van der Waals surface area contributed by atoms with Crippen molar-refractivity contribution in [3.8, 4) is 0 Å². The van der Waals surface area contributed by atoms with Crippen LogP contribution < -0.4 is 16.0 Å². The van der Waals surface area contributed by atoms with E-state index in [1.165, 1.54) is 38.5 Å². The molecular weight excluding hydrogens is 491 g/mol. The van der Waals surface area contributed by atoms with E-state index < -0.39 is 0 Å². The number of nitrogens with one attached hydrogen (secondary N) is 3. The van der Waals surface area contributed by atoms with E-state index in [1.807, 2.05) is 7.05 Å². The number of aliphatic imine (C=N–C) groups is 1. The first-order chi connectivity index (χ1) is 14.2. The van der Waals surface area contributed by atoms with Crippen molar-refractivity contribution in [2.24, 2.45) is 10.9 Å². The van der Waals surface area contributed by atoms with Crippen molar-refractivity contribution < 1.29 is 9.53 Å². The van der Waals surface area contributed by atoms with Gasteiger partial charge in [0.2, 0.25) is 5.91 Å². The van der Waals surface area contributed by atoms with Crippen LogP contribution in [0.4, 0.5) is 0 Å². The number of halogens is 1. The summed E-state index contributed by atoms with van der Waals surface area (Å²) in [5.41, 5.74) is 0. The van der Waals surface area contributed by atoms with Crippen LogP contribution in [0.3, 0.4) is 0 Å². The molecule has 0 spiro atoms. The maximum Gasteiger partial charge on any atom is 0.223 e. The molecule has 2 atom stereocenters. The van der Waals surface area contributed by atoms with Crippen molar-refractivity contribution in [2.45, 2.75) is 108 Å². The summed E-state index contributed by atoms with van der Waals surface area (Å²) in [4.78, 5) is 16.7. The van der Waals surface area contributed by atoms with Gasteiger partial charge in [-0.25, -0.2) is 0 Å². The van der Waals surface area contributed by atoms with Crippen LogP contribution >= 0.6 is 24.0 Å². The Labute approximate surface area is 200 Å². The number of carbonyl (C=O) groups is 1. The average molecular weight is 535 g/mol. The lowest BCUT2D eigenvalue weighted by atomic mass is 9.85. The molecule has 1 amide bonds. The molecule has 0 aromatic heterocycles. The van der Waals surface area contributed by atoms with Crippen LogP contribution in [0.1, 0.15) is 89.9 Å². The summed E-state index contributed by atoms with van der Waals surface area (Å²) in [5.74, 6) is 1.29. The molecule has 3 rings (SSSR count). The van der Waals surface area contributed by atoms with Gasteiger partial charge >= 0.3 is 0 Å². The van der Waals surface area contributed by atoms with Gasteiger partial charge in [-0.1, -0.05) is 25.7 Å². The van der Waals surface area contributed by atoms with Crippen LogP contribution in [0, 0.1) is 5.92 Å². The quantitative estimate of drug-likeness (QED) is 0.171. The molecule has 3 aliphatic carbocycles. The zero-order valence-electron chi connectivity index (χ0n) is 18.8. The molecule has 3 saturated carbocycles. The Bertz CT molecular complexity index is 521. The van der Waals surface area contributed by atoms with Gasteiger partial charge in [-0.05, 0) is 64.2 Å². The Hall–Kier alpha value is -0.570. The highest BCUT2D eigenvalue weighted by atomic mass is 127. The van der Waals surface area contributed by atoms with Gasteiger partial charge in [0.15, 0.2) is 5.96 Å². The molecule has 174 valence electrons. The van der Waals surface area contributed by atoms with E-state index in [-0.39, 0.29) is 35.8 Å². The first kappa shape index (κ1) is 25.7. The lowest BCUT2D eigenvalue weighted by molar-refractivity contribution is -0.126. The number of nitrogens with zero attached hydrogens (tertiary/aromatic N) is 1. The summed E-state index contributed by atoms with van der Waals surface area (Å²) in [6.07, 6.45) is 17.0. The van der Waals surface area contributed by atoms with Crippen LogP contribution in [0.5, 0.6) is 0 Å². The number of hydrogen-bond acceptors (Lipinski definition) is 3. The third-order valence-electron chi connectivity index (χ3n) is 6.55. The molecule has 0 bridgehead atoms. The Morgan fingerprint density at radius 3 is 2.43 bits per heavy atom. The maximum absolute atomic E-state index is 12.4. The van der Waals surface area contributed by atoms with Gasteiger partial charge in [-0.2, -0.15) is 0 Å². The summed E-state index contributed by atoms with van der Waals surface area (Å²) in [5, 5.41) is 10.1. The van der Waals surface area contributed by atoms with Crippen molar-refractivity contribution in [2.75, 3.05) is 20.2 Å². The van der Waals surface area contributed by atoms with Crippen LogP contribution in [0.15, 0.2) is 4.99 Å². The molecular formula is C23H43IN4O2. The second-order valence-corrected chi connectivity index (χ2v) is 9.18. The molecule has 0 aromatic carbocycles. The SMILES string of the molecule is CN=C(NCCCCCOC1CCCCC1)NC1CCCC(C(=O)NC2CC2)C1.I. The van der Waals surface area contributed by atoms with E-state index in [4.69, 9.17) is 4.74 Å². The largest absolute Gasteiger partial charge is 0.378 e. The molecule has 30 heavy (non-hydrogen) atoms. The van der Waals surface area contributed by atoms with E-state index in [0.29, 0.717) is 18.2 Å². The van der Waals surface area contributed by atoms with Crippen molar-refractivity contribution in [3.63, 3.8) is 0 Å². The summed E-state index contributed by atoms with van der Waals surface area (Å²) < 4.78 is 6.00. The molecule has 0 radical (unpaired) electrons. The van der Waals surface area contributed by atoms with Crippen molar-refractivity contribution in [1.82, 2.24) is 16.0 Å². The predicted octanol–water partition coefficient (Wildman–Crippen LogP) is 4.13. The molecule has 0 saturated heterocycles. The standard InChI is InChI=1S/C23H42N4O2.HI/c1-24-23(25-15-6-3-7-16-29-21-11-4-2-5-12-21)27-20-10-8-9-18(17-20)22(28)26-19-13-14-19;/h18-21H,2-17H2,1H3,(H,26,28)(H2,24,25,27);1H. The zero-order chi connectivity index (χ0) is 20.3. The molecule has 0 aromatic rings. The second-order valence-electron chi connectivity index (χ2n) is 9.18. The fourth-order valence-corrected chi connectivity index (χ4v) is 4.59. The zero-order valence-corrected chi connectivity index (χ0v) is 21.1. The Balaban J connectivity index is 0.00000320. The molecule has 3 fully saturated rings. The Morgan fingerprint density at radius 1 is 0.900 bits per heavy atom. The van der Waals surface area contributed by atoms with Gasteiger partial charge in [0.05, 0.1) is 6.10 Å². The summed E-state index contributed by atoms with van der Waals surface area (Å²) >= 11 is 0. The van der Waals surface area contributed by atoms with E-state index in [1.54, 1.807) is 0 Å². The highest BCUT2D eigenvalue weighted by Gasteiger charge is 2.31. The van der Waals surface area contributed by atoms with Gasteiger partial charge in [0.25, 0.3) is 0 Å². The van der Waals surface area contributed by atoms with E-state index >= 15 is 0 Å². The molecule has 3 N–H and O–H groups in total. The number of rotatable bonds is 10. The number of ether oxygens (including phenoxy) is 1. The first-order valence-corrected chi connectivity index (χ1v) is 12.1. The van der Waals surface area contributed by atoms with Gasteiger partial charge < -0.3 is 20.7 Å². The lowest BCUT2D eigenvalue weighted by Gasteiger charge is -2.30. The van der Waals surface area contributed by atoms with Crippen molar-refractivity contribution in [3.05, 3.63) is 0 Å². The Morgan fingerprint density at radius 2 is 1.70 bits per heavy atom. The number of hydrogen-bond donors (Lipinski definition) is 3. The maximum atomic E-state index is 12.4. The van der Waals surface area contributed by atoms with Crippen molar-refractivity contribution in [1.29, 1.82) is 0 Å². The Kier molecular flexibility index (Phi) is 12.4. The van der Waals surface area contributed by atoms with E-state index in [2.05, 4.69) is 20.9 Å². The van der Waals surface area contributed by atoms with E-state index in [0.717, 1.165) is 70.5 Å². The van der Waals surface area contributed by atoms with Crippen LogP contribution in [0.2, 0.25) is 0 Å².